The molecule has 0 amide bonds. The first-order valence-corrected chi connectivity index (χ1v) is 11.5. The summed E-state index contributed by atoms with van der Waals surface area (Å²) in [5.41, 5.74) is 2.65. The summed E-state index contributed by atoms with van der Waals surface area (Å²) < 4.78 is 5.82. The smallest absolute Gasteiger partial charge is 0.321 e. The zero-order valence-electron chi connectivity index (χ0n) is 20.0. The molecule has 176 valence electrons. The average molecular weight is 450 g/mol. The Kier molecular flexibility index (Phi) is 11.4. The van der Waals surface area contributed by atoms with Crippen molar-refractivity contribution in [3.8, 4) is 11.9 Å². The molecule has 1 aliphatic rings. The summed E-state index contributed by atoms with van der Waals surface area (Å²) in [6.45, 7) is 15.9. The third-order valence-electron chi connectivity index (χ3n) is 4.66. The van der Waals surface area contributed by atoms with Crippen LogP contribution in [0.5, 0.6) is 11.9 Å². The quantitative estimate of drug-likeness (QED) is 0.268. The van der Waals surface area contributed by atoms with Crippen molar-refractivity contribution in [1.82, 2.24) is 15.0 Å². The van der Waals surface area contributed by atoms with Crippen molar-refractivity contribution >= 4 is 12.0 Å². The van der Waals surface area contributed by atoms with Gasteiger partial charge < -0.3 is 14.5 Å². The minimum absolute atomic E-state index is 0.269. The van der Waals surface area contributed by atoms with Gasteiger partial charge in [0.05, 0.1) is 12.8 Å². The molecule has 0 radical (unpaired) electrons. The Morgan fingerprint density at radius 2 is 1.97 bits per heavy atom. The minimum atomic E-state index is 0.269. The number of ether oxygens (including phenoxy) is 1. The summed E-state index contributed by atoms with van der Waals surface area (Å²) in [7, 11) is 0. The van der Waals surface area contributed by atoms with E-state index in [1.807, 2.05) is 45.0 Å². The van der Waals surface area contributed by atoms with Gasteiger partial charge in [0.1, 0.15) is 5.82 Å². The predicted molar refractivity (Wildman–Crippen MR) is 135 cm³/mol. The van der Waals surface area contributed by atoms with Crippen molar-refractivity contribution in [3.05, 3.63) is 72.6 Å². The van der Waals surface area contributed by atoms with Crippen LogP contribution in [0.15, 0.2) is 72.1 Å². The van der Waals surface area contributed by atoms with E-state index in [0.29, 0.717) is 18.9 Å². The standard InChI is InChI=1S/C24H29N5O2.C2H6/c1-4-20(16-19(2)3)18-26-31-23-17-22(29-13-8-5-9-14-29)27-24(28-23)30-15-11-21-10-6-7-12-25-21;1-2/h4,6-7,10,12,16-18H,1-2,5,8-9,11,13-15H2,3H3;1-2H3/b20-16+,26-18+;. The molecule has 3 rings (SSSR count). The maximum Gasteiger partial charge on any atom is 0.321 e. The van der Waals surface area contributed by atoms with Gasteiger partial charge in [-0.25, -0.2) is 0 Å². The van der Waals surface area contributed by atoms with Gasteiger partial charge in [-0.15, -0.1) is 0 Å². The normalized spacial score (nSPS) is 13.8. The van der Waals surface area contributed by atoms with Crippen molar-refractivity contribution in [2.24, 2.45) is 5.16 Å². The van der Waals surface area contributed by atoms with E-state index in [4.69, 9.17) is 9.57 Å². The number of pyridine rings is 1. The topological polar surface area (TPSA) is 72.7 Å². The van der Waals surface area contributed by atoms with Gasteiger partial charge >= 0.3 is 6.01 Å². The minimum Gasteiger partial charge on any atom is -0.463 e. The summed E-state index contributed by atoms with van der Waals surface area (Å²) >= 11 is 0. The highest BCUT2D eigenvalue weighted by Gasteiger charge is 2.16. The van der Waals surface area contributed by atoms with E-state index < -0.39 is 0 Å². The summed E-state index contributed by atoms with van der Waals surface area (Å²) in [6, 6.07) is 7.88. The van der Waals surface area contributed by atoms with Crippen LogP contribution in [0.2, 0.25) is 0 Å². The molecule has 0 saturated carbocycles. The molecule has 2 aromatic heterocycles. The van der Waals surface area contributed by atoms with E-state index in [0.717, 1.165) is 48.6 Å². The summed E-state index contributed by atoms with van der Waals surface area (Å²) in [6.07, 6.45) is 11.1. The van der Waals surface area contributed by atoms with Gasteiger partial charge in [0.2, 0.25) is 0 Å². The van der Waals surface area contributed by atoms with Crippen LogP contribution in [0.25, 0.3) is 0 Å². The number of aromatic nitrogens is 3. The number of hydrogen-bond donors (Lipinski definition) is 0. The van der Waals surface area contributed by atoms with E-state index in [1.165, 1.54) is 6.42 Å². The monoisotopic (exact) mass is 449 g/mol. The van der Waals surface area contributed by atoms with Crippen LogP contribution in [-0.4, -0.2) is 40.9 Å². The third kappa shape index (κ3) is 9.27. The molecule has 7 nitrogen and oxygen atoms in total. The first-order valence-electron chi connectivity index (χ1n) is 11.5. The Hall–Kier alpha value is -3.48. The lowest BCUT2D eigenvalue weighted by Crippen LogP contribution is -2.30. The SMILES string of the molecule is C=CC(/C=N/Oc1cc(N2CCCCC2)nc(OCCc2ccccn2)n1)=C\C(=C)C.CC. The van der Waals surface area contributed by atoms with Crippen LogP contribution in [0.1, 0.15) is 45.7 Å². The fraction of sp³-hybridized carbons (Fsp3) is 0.385. The van der Waals surface area contributed by atoms with Gasteiger partial charge in [-0.3, -0.25) is 4.98 Å². The van der Waals surface area contributed by atoms with E-state index in [-0.39, 0.29) is 6.01 Å². The average Bonchev–Trinajstić information content (AvgIpc) is 2.85. The van der Waals surface area contributed by atoms with Crippen molar-refractivity contribution in [2.45, 2.75) is 46.5 Å². The van der Waals surface area contributed by atoms with Crippen LogP contribution in [0, 0.1) is 0 Å². The number of anilines is 1. The highest BCUT2D eigenvalue weighted by Crippen LogP contribution is 2.24. The molecule has 1 aliphatic heterocycles. The number of rotatable bonds is 10. The lowest BCUT2D eigenvalue weighted by atomic mass is 10.1. The molecule has 0 spiro atoms. The highest BCUT2D eigenvalue weighted by atomic mass is 16.6. The third-order valence-corrected chi connectivity index (χ3v) is 4.66. The summed E-state index contributed by atoms with van der Waals surface area (Å²) in [4.78, 5) is 21.0. The van der Waals surface area contributed by atoms with Crippen molar-refractivity contribution in [2.75, 3.05) is 24.6 Å². The van der Waals surface area contributed by atoms with Crippen LogP contribution in [-0.2, 0) is 6.42 Å². The molecule has 33 heavy (non-hydrogen) atoms. The molecule has 0 N–H and O–H groups in total. The number of hydrogen-bond acceptors (Lipinski definition) is 7. The molecular weight excluding hydrogens is 414 g/mol. The lowest BCUT2D eigenvalue weighted by Gasteiger charge is -2.27. The number of oxime groups is 1. The molecule has 0 atom stereocenters. The molecule has 0 unspecified atom stereocenters. The maximum atomic E-state index is 5.82. The molecule has 0 bridgehead atoms. The first kappa shape index (κ1) is 25.8. The number of piperidine rings is 1. The molecule has 3 heterocycles. The zero-order valence-corrected chi connectivity index (χ0v) is 20.0. The van der Waals surface area contributed by atoms with E-state index in [1.54, 1.807) is 24.6 Å². The molecule has 0 aliphatic carbocycles. The van der Waals surface area contributed by atoms with Crippen LogP contribution < -0.4 is 14.5 Å². The Bertz CT molecular complexity index is 935. The summed E-state index contributed by atoms with van der Waals surface area (Å²) in [5, 5.41) is 4.04. The van der Waals surface area contributed by atoms with Crippen molar-refractivity contribution in [1.29, 1.82) is 0 Å². The molecule has 7 heteroatoms. The van der Waals surface area contributed by atoms with Crippen LogP contribution in [0.4, 0.5) is 5.82 Å². The second kappa shape index (κ2) is 14.6. The fourth-order valence-electron chi connectivity index (χ4n) is 3.16. The van der Waals surface area contributed by atoms with E-state index in [2.05, 4.69) is 38.2 Å². The maximum absolute atomic E-state index is 5.82. The van der Waals surface area contributed by atoms with Gasteiger partial charge in [0, 0.05) is 37.5 Å². The van der Waals surface area contributed by atoms with Gasteiger partial charge in [0.15, 0.2) is 0 Å². The van der Waals surface area contributed by atoms with E-state index in [9.17, 15) is 0 Å². The first-order chi connectivity index (χ1) is 16.1. The molecular formula is C26H35N5O2. The van der Waals surface area contributed by atoms with Gasteiger partial charge in [0.25, 0.3) is 5.88 Å². The number of allylic oxidation sites excluding steroid dienone is 4. The predicted octanol–water partition coefficient (Wildman–Crippen LogP) is 5.56. The number of nitrogens with zero attached hydrogens (tertiary/aromatic N) is 5. The van der Waals surface area contributed by atoms with Gasteiger partial charge in [-0.1, -0.05) is 56.0 Å². The van der Waals surface area contributed by atoms with Crippen LogP contribution >= 0.6 is 0 Å². The second-order valence-electron chi connectivity index (χ2n) is 7.33. The molecule has 1 fully saturated rings. The molecule has 2 aromatic rings. The molecule has 1 saturated heterocycles. The Morgan fingerprint density at radius 1 is 1.18 bits per heavy atom. The Morgan fingerprint density at radius 3 is 2.64 bits per heavy atom. The largest absolute Gasteiger partial charge is 0.463 e. The summed E-state index contributed by atoms with van der Waals surface area (Å²) in [5.74, 6) is 1.12. The Labute approximate surface area is 197 Å². The Balaban J connectivity index is 0.00000187. The fourth-order valence-corrected chi connectivity index (χ4v) is 3.16. The van der Waals surface area contributed by atoms with Crippen molar-refractivity contribution < 1.29 is 9.57 Å². The zero-order chi connectivity index (χ0) is 23.9. The molecule has 0 aromatic carbocycles. The van der Waals surface area contributed by atoms with Crippen molar-refractivity contribution in [3.63, 3.8) is 0 Å². The van der Waals surface area contributed by atoms with Crippen LogP contribution in [0.3, 0.4) is 0 Å². The highest BCUT2D eigenvalue weighted by molar-refractivity contribution is 5.82. The second-order valence-corrected chi connectivity index (χ2v) is 7.33. The van der Waals surface area contributed by atoms with E-state index >= 15 is 0 Å². The van der Waals surface area contributed by atoms with Gasteiger partial charge in [-0.05, 0) is 43.9 Å². The van der Waals surface area contributed by atoms with Gasteiger partial charge in [-0.2, -0.15) is 9.97 Å². The lowest BCUT2D eigenvalue weighted by molar-refractivity contribution is 0.278.